The molecule has 0 aromatic heterocycles. The minimum Gasteiger partial charge on any atom is -0.497 e. The van der Waals surface area contributed by atoms with Crippen molar-refractivity contribution in [2.24, 2.45) is 5.92 Å². The van der Waals surface area contributed by atoms with Gasteiger partial charge in [-0.25, -0.2) is 0 Å². The number of benzene rings is 1. The van der Waals surface area contributed by atoms with E-state index in [4.69, 9.17) is 9.47 Å². The van der Waals surface area contributed by atoms with Gasteiger partial charge in [0.1, 0.15) is 11.5 Å². The summed E-state index contributed by atoms with van der Waals surface area (Å²) in [5.41, 5.74) is 0.373. The lowest BCUT2D eigenvalue weighted by Crippen LogP contribution is -2.43. The molecule has 0 heterocycles. The third-order valence-electron chi connectivity index (χ3n) is 4.16. The fourth-order valence-corrected chi connectivity index (χ4v) is 2.80. The van der Waals surface area contributed by atoms with Crippen LogP contribution in [-0.4, -0.2) is 32.0 Å². The highest BCUT2D eigenvalue weighted by Crippen LogP contribution is 2.24. The number of aldehydes is 1. The predicted octanol–water partition coefficient (Wildman–Crippen LogP) is 2.58. The van der Waals surface area contributed by atoms with Crippen molar-refractivity contribution < 1.29 is 19.1 Å². The van der Waals surface area contributed by atoms with Gasteiger partial charge in [-0.05, 0) is 37.0 Å². The number of methoxy groups -OCH3 is 1. The van der Waals surface area contributed by atoms with E-state index in [2.05, 4.69) is 12.2 Å². The van der Waals surface area contributed by atoms with Gasteiger partial charge in [0.15, 0.2) is 12.9 Å². The van der Waals surface area contributed by atoms with Crippen molar-refractivity contribution in [3.63, 3.8) is 0 Å². The van der Waals surface area contributed by atoms with Crippen LogP contribution in [0.5, 0.6) is 11.5 Å². The Balaban J connectivity index is 1.89. The summed E-state index contributed by atoms with van der Waals surface area (Å²) >= 11 is 0. The number of ether oxygens (including phenoxy) is 2. The Morgan fingerprint density at radius 3 is 2.82 bits per heavy atom. The van der Waals surface area contributed by atoms with E-state index in [1.165, 1.54) is 13.5 Å². The van der Waals surface area contributed by atoms with Gasteiger partial charge in [-0.15, -0.1) is 0 Å². The molecule has 1 aliphatic rings. The van der Waals surface area contributed by atoms with Crippen molar-refractivity contribution in [1.82, 2.24) is 5.32 Å². The van der Waals surface area contributed by atoms with Gasteiger partial charge >= 0.3 is 0 Å². The van der Waals surface area contributed by atoms with Crippen LogP contribution in [-0.2, 0) is 4.79 Å². The van der Waals surface area contributed by atoms with Crippen LogP contribution in [0.4, 0.5) is 0 Å². The van der Waals surface area contributed by atoms with Gasteiger partial charge in [0.05, 0.1) is 12.7 Å². The first-order valence-electron chi connectivity index (χ1n) is 7.69. The molecule has 1 aromatic carbocycles. The molecule has 0 radical (unpaired) electrons. The van der Waals surface area contributed by atoms with E-state index in [1.54, 1.807) is 18.2 Å². The molecule has 1 aliphatic carbocycles. The number of nitrogens with one attached hydrogen (secondary N) is 1. The van der Waals surface area contributed by atoms with E-state index < -0.39 is 0 Å². The Bertz CT molecular complexity index is 529. The van der Waals surface area contributed by atoms with Crippen molar-refractivity contribution in [2.75, 3.05) is 13.7 Å². The molecule has 120 valence electrons. The molecule has 1 saturated carbocycles. The number of carbonyl (C=O) groups excluding carboxylic acids is 2. The maximum Gasteiger partial charge on any atom is 0.258 e. The van der Waals surface area contributed by atoms with Gasteiger partial charge in [-0.1, -0.05) is 19.8 Å². The molecule has 1 aromatic rings. The second-order valence-electron chi connectivity index (χ2n) is 5.75. The maximum absolute atomic E-state index is 12.0. The summed E-state index contributed by atoms with van der Waals surface area (Å²) in [6.45, 7) is 2.08. The minimum absolute atomic E-state index is 0.0869. The summed E-state index contributed by atoms with van der Waals surface area (Å²) in [4.78, 5) is 23.1. The van der Waals surface area contributed by atoms with Gasteiger partial charge in [0, 0.05) is 6.04 Å². The molecule has 1 N–H and O–H groups in total. The fourth-order valence-electron chi connectivity index (χ4n) is 2.80. The van der Waals surface area contributed by atoms with Crippen LogP contribution >= 0.6 is 0 Å². The summed E-state index contributed by atoms with van der Waals surface area (Å²) in [7, 11) is 1.53. The Kier molecular flexibility index (Phi) is 5.81. The molecule has 2 rings (SSSR count). The summed E-state index contributed by atoms with van der Waals surface area (Å²) in [5.74, 6) is 1.33. The highest BCUT2D eigenvalue weighted by atomic mass is 16.5. The van der Waals surface area contributed by atoms with Crippen molar-refractivity contribution in [3.05, 3.63) is 23.8 Å². The second kappa shape index (κ2) is 7.82. The highest BCUT2D eigenvalue weighted by molar-refractivity contribution is 5.81. The van der Waals surface area contributed by atoms with E-state index in [-0.39, 0.29) is 18.6 Å². The molecule has 0 saturated heterocycles. The molecule has 1 amide bonds. The zero-order valence-corrected chi connectivity index (χ0v) is 13.1. The summed E-state index contributed by atoms with van der Waals surface area (Å²) in [5, 5.41) is 3.02. The Morgan fingerprint density at radius 2 is 2.14 bits per heavy atom. The quantitative estimate of drug-likeness (QED) is 0.820. The normalized spacial score (nSPS) is 21.0. The lowest BCUT2D eigenvalue weighted by atomic mass is 9.86. The van der Waals surface area contributed by atoms with Crippen LogP contribution in [0.2, 0.25) is 0 Å². The third-order valence-corrected chi connectivity index (χ3v) is 4.16. The molecule has 0 unspecified atom stereocenters. The second-order valence-corrected chi connectivity index (χ2v) is 5.75. The zero-order valence-electron chi connectivity index (χ0n) is 13.1. The van der Waals surface area contributed by atoms with Crippen molar-refractivity contribution in [2.45, 2.75) is 38.6 Å². The number of carbonyl (C=O) groups is 2. The predicted molar refractivity (Wildman–Crippen MR) is 83.4 cm³/mol. The standard InChI is InChI=1S/C17H23NO4/c1-12-5-3-4-6-15(12)18-17(20)11-22-16-8-7-14(21-2)9-13(16)10-19/h7-10,12,15H,3-6,11H2,1-2H3,(H,18,20)/t12-,15+/m0/s1. The van der Waals surface area contributed by atoms with Gasteiger partial charge < -0.3 is 14.8 Å². The molecular formula is C17H23NO4. The molecule has 0 spiro atoms. The number of amides is 1. The highest BCUT2D eigenvalue weighted by Gasteiger charge is 2.22. The monoisotopic (exact) mass is 305 g/mol. The SMILES string of the molecule is COc1ccc(OCC(=O)N[C@@H]2CCCC[C@@H]2C)c(C=O)c1. The average molecular weight is 305 g/mol. The Morgan fingerprint density at radius 1 is 1.36 bits per heavy atom. The Hall–Kier alpha value is -2.04. The molecular weight excluding hydrogens is 282 g/mol. The minimum atomic E-state index is -0.147. The first-order chi connectivity index (χ1) is 10.6. The molecule has 2 atom stereocenters. The first kappa shape index (κ1) is 16.3. The van der Waals surface area contributed by atoms with Crippen LogP contribution < -0.4 is 14.8 Å². The van der Waals surface area contributed by atoms with E-state index in [9.17, 15) is 9.59 Å². The van der Waals surface area contributed by atoms with Gasteiger partial charge in [-0.2, -0.15) is 0 Å². The fraction of sp³-hybridized carbons (Fsp3) is 0.529. The van der Waals surface area contributed by atoms with E-state index in [1.807, 2.05) is 0 Å². The van der Waals surface area contributed by atoms with Crippen LogP contribution in [0.15, 0.2) is 18.2 Å². The molecule has 1 fully saturated rings. The lowest BCUT2D eigenvalue weighted by Gasteiger charge is -2.29. The molecule has 5 heteroatoms. The van der Waals surface area contributed by atoms with E-state index in [0.717, 1.165) is 19.3 Å². The van der Waals surface area contributed by atoms with Crippen LogP contribution in [0, 0.1) is 5.92 Å². The van der Waals surface area contributed by atoms with Crippen LogP contribution in [0.25, 0.3) is 0 Å². The first-order valence-corrected chi connectivity index (χ1v) is 7.69. The number of hydrogen-bond acceptors (Lipinski definition) is 4. The molecule has 22 heavy (non-hydrogen) atoms. The topological polar surface area (TPSA) is 64.6 Å². The largest absolute Gasteiger partial charge is 0.497 e. The van der Waals surface area contributed by atoms with Crippen molar-refractivity contribution >= 4 is 12.2 Å². The summed E-state index contributed by atoms with van der Waals surface area (Å²) in [6, 6.07) is 5.15. The smallest absolute Gasteiger partial charge is 0.258 e. The van der Waals surface area contributed by atoms with E-state index in [0.29, 0.717) is 29.3 Å². The number of hydrogen-bond donors (Lipinski definition) is 1. The summed E-state index contributed by atoms with van der Waals surface area (Å²) in [6.07, 6.45) is 5.26. The molecule has 5 nitrogen and oxygen atoms in total. The third kappa shape index (κ3) is 4.23. The van der Waals surface area contributed by atoms with Crippen molar-refractivity contribution in [3.8, 4) is 11.5 Å². The Labute approximate surface area is 131 Å². The van der Waals surface area contributed by atoms with Gasteiger partial charge in [0.2, 0.25) is 0 Å². The van der Waals surface area contributed by atoms with Crippen LogP contribution in [0.1, 0.15) is 43.0 Å². The maximum atomic E-state index is 12.0. The zero-order chi connectivity index (χ0) is 15.9. The van der Waals surface area contributed by atoms with Gasteiger partial charge in [-0.3, -0.25) is 9.59 Å². The summed E-state index contributed by atoms with van der Waals surface area (Å²) < 4.78 is 10.5. The average Bonchev–Trinajstić information content (AvgIpc) is 2.55. The van der Waals surface area contributed by atoms with Crippen molar-refractivity contribution in [1.29, 1.82) is 0 Å². The molecule has 0 bridgehead atoms. The molecule has 0 aliphatic heterocycles. The lowest BCUT2D eigenvalue weighted by molar-refractivity contribution is -0.124. The van der Waals surface area contributed by atoms with E-state index >= 15 is 0 Å². The van der Waals surface area contributed by atoms with Crippen LogP contribution in [0.3, 0.4) is 0 Å². The van der Waals surface area contributed by atoms with Gasteiger partial charge in [0.25, 0.3) is 5.91 Å². The number of rotatable bonds is 6.